The molecule has 0 atom stereocenters. The molecule has 0 aliphatic rings. The SMILES string of the molecule is CCOCCNc1nc(SC)nc2c1cnn2CCNC(=O)c1ccccc1SCC. The van der Waals surface area contributed by atoms with Gasteiger partial charge in [-0.3, -0.25) is 4.79 Å². The summed E-state index contributed by atoms with van der Waals surface area (Å²) in [6, 6.07) is 7.67. The van der Waals surface area contributed by atoms with Gasteiger partial charge in [0, 0.05) is 24.6 Å². The molecule has 10 heteroatoms. The number of hydrogen-bond acceptors (Lipinski definition) is 8. The van der Waals surface area contributed by atoms with Crippen molar-refractivity contribution in [1.29, 1.82) is 0 Å². The van der Waals surface area contributed by atoms with Crippen LogP contribution < -0.4 is 10.6 Å². The van der Waals surface area contributed by atoms with Crippen LogP contribution in [-0.2, 0) is 11.3 Å². The van der Waals surface area contributed by atoms with Crippen molar-refractivity contribution in [3.63, 3.8) is 0 Å². The molecule has 31 heavy (non-hydrogen) atoms. The minimum Gasteiger partial charge on any atom is -0.380 e. The van der Waals surface area contributed by atoms with Crippen molar-refractivity contribution < 1.29 is 9.53 Å². The first-order valence-corrected chi connectivity index (χ1v) is 12.5. The maximum Gasteiger partial charge on any atom is 0.252 e. The van der Waals surface area contributed by atoms with E-state index in [-0.39, 0.29) is 5.91 Å². The van der Waals surface area contributed by atoms with E-state index in [9.17, 15) is 4.79 Å². The van der Waals surface area contributed by atoms with Gasteiger partial charge in [0.1, 0.15) is 5.82 Å². The van der Waals surface area contributed by atoms with Gasteiger partial charge in [0.05, 0.1) is 30.3 Å². The lowest BCUT2D eigenvalue weighted by atomic mass is 10.2. The van der Waals surface area contributed by atoms with E-state index in [2.05, 4.69) is 32.6 Å². The van der Waals surface area contributed by atoms with Gasteiger partial charge in [0.25, 0.3) is 5.91 Å². The number of carbonyl (C=O) groups is 1. The maximum atomic E-state index is 12.7. The fourth-order valence-electron chi connectivity index (χ4n) is 3.02. The number of benzene rings is 1. The Morgan fingerprint density at radius 2 is 2.03 bits per heavy atom. The molecule has 1 aromatic carbocycles. The van der Waals surface area contributed by atoms with Crippen LogP contribution in [0.2, 0.25) is 0 Å². The van der Waals surface area contributed by atoms with Gasteiger partial charge in [-0.2, -0.15) is 5.10 Å². The molecular formula is C21H28N6O2S2. The highest BCUT2D eigenvalue weighted by Crippen LogP contribution is 2.24. The van der Waals surface area contributed by atoms with Gasteiger partial charge < -0.3 is 15.4 Å². The molecule has 0 unspecified atom stereocenters. The maximum absolute atomic E-state index is 12.7. The summed E-state index contributed by atoms with van der Waals surface area (Å²) in [5.74, 6) is 1.59. The van der Waals surface area contributed by atoms with Crippen LogP contribution in [0.4, 0.5) is 5.82 Å². The van der Waals surface area contributed by atoms with Crippen LogP contribution in [0, 0.1) is 0 Å². The van der Waals surface area contributed by atoms with E-state index in [1.54, 1.807) is 22.6 Å². The Labute approximate surface area is 190 Å². The second-order valence-electron chi connectivity index (χ2n) is 6.47. The van der Waals surface area contributed by atoms with E-state index in [0.29, 0.717) is 43.6 Å². The van der Waals surface area contributed by atoms with Gasteiger partial charge in [-0.25, -0.2) is 14.6 Å². The average Bonchev–Trinajstić information content (AvgIpc) is 3.20. The summed E-state index contributed by atoms with van der Waals surface area (Å²) < 4.78 is 7.19. The molecule has 0 saturated heterocycles. The van der Waals surface area contributed by atoms with E-state index in [4.69, 9.17) is 4.74 Å². The molecule has 2 aromatic heterocycles. The number of aromatic nitrogens is 4. The zero-order chi connectivity index (χ0) is 22.1. The fraction of sp³-hybridized carbons (Fsp3) is 0.429. The quantitative estimate of drug-likeness (QED) is 0.241. The van der Waals surface area contributed by atoms with Crippen molar-refractivity contribution >= 4 is 46.3 Å². The van der Waals surface area contributed by atoms with Crippen molar-refractivity contribution in [2.24, 2.45) is 0 Å². The first-order valence-electron chi connectivity index (χ1n) is 10.3. The highest BCUT2D eigenvalue weighted by atomic mass is 32.2. The lowest BCUT2D eigenvalue weighted by Gasteiger charge is -2.10. The third kappa shape index (κ3) is 6.11. The summed E-state index contributed by atoms with van der Waals surface area (Å²) in [4.78, 5) is 22.8. The molecule has 0 bridgehead atoms. The Morgan fingerprint density at radius 1 is 1.19 bits per heavy atom. The monoisotopic (exact) mass is 460 g/mol. The van der Waals surface area contributed by atoms with Crippen LogP contribution in [0.3, 0.4) is 0 Å². The third-order valence-corrected chi connectivity index (χ3v) is 5.95. The standard InChI is InChI=1S/C21H28N6O2S2/c1-4-29-13-11-22-18-16-14-24-27(19(16)26-21(25-18)30-3)12-10-23-20(28)15-8-6-7-9-17(15)31-5-2/h6-9,14H,4-5,10-13H2,1-3H3,(H,23,28)(H,22,25,26). The van der Waals surface area contributed by atoms with E-state index >= 15 is 0 Å². The fourth-order valence-corrected chi connectivity index (χ4v) is 4.18. The predicted octanol–water partition coefficient (Wildman–Crippen LogP) is 3.54. The molecule has 3 aromatic rings. The number of amides is 1. The van der Waals surface area contributed by atoms with Crippen molar-refractivity contribution in [3.05, 3.63) is 36.0 Å². The van der Waals surface area contributed by atoms with Crippen LogP contribution in [0.5, 0.6) is 0 Å². The summed E-state index contributed by atoms with van der Waals surface area (Å²) in [5, 5.41) is 12.3. The molecule has 1 amide bonds. The van der Waals surface area contributed by atoms with Gasteiger partial charge in [-0.1, -0.05) is 30.8 Å². The number of nitrogens with one attached hydrogen (secondary N) is 2. The topological polar surface area (TPSA) is 94.0 Å². The molecule has 0 spiro atoms. The van der Waals surface area contributed by atoms with Crippen molar-refractivity contribution in [2.45, 2.75) is 30.4 Å². The second-order valence-corrected chi connectivity index (χ2v) is 8.55. The highest BCUT2D eigenvalue weighted by Gasteiger charge is 2.14. The van der Waals surface area contributed by atoms with Crippen LogP contribution in [0.25, 0.3) is 11.0 Å². The van der Waals surface area contributed by atoms with Crippen LogP contribution in [0.1, 0.15) is 24.2 Å². The molecule has 0 aliphatic heterocycles. The van der Waals surface area contributed by atoms with Gasteiger partial charge in [0.15, 0.2) is 10.8 Å². The highest BCUT2D eigenvalue weighted by molar-refractivity contribution is 7.99. The van der Waals surface area contributed by atoms with E-state index < -0.39 is 0 Å². The molecular weight excluding hydrogens is 432 g/mol. The number of anilines is 1. The molecule has 0 aliphatic carbocycles. The van der Waals surface area contributed by atoms with Crippen molar-refractivity contribution in [3.8, 4) is 0 Å². The molecule has 0 radical (unpaired) electrons. The van der Waals surface area contributed by atoms with Gasteiger partial charge in [-0.15, -0.1) is 11.8 Å². The predicted molar refractivity (Wildman–Crippen MR) is 127 cm³/mol. The molecule has 2 heterocycles. The molecule has 166 valence electrons. The molecule has 2 N–H and O–H groups in total. The molecule has 0 saturated carbocycles. The Balaban J connectivity index is 1.68. The zero-order valence-electron chi connectivity index (χ0n) is 18.1. The zero-order valence-corrected chi connectivity index (χ0v) is 19.7. The van der Waals surface area contributed by atoms with E-state index in [0.717, 1.165) is 27.5 Å². The van der Waals surface area contributed by atoms with E-state index in [1.165, 1.54) is 11.8 Å². The number of rotatable bonds is 12. The van der Waals surface area contributed by atoms with Gasteiger partial charge >= 0.3 is 0 Å². The van der Waals surface area contributed by atoms with Crippen LogP contribution >= 0.6 is 23.5 Å². The number of fused-ring (bicyclic) bond motifs is 1. The number of thioether (sulfide) groups is 2. The minimum absolute atomic E-state index is 0.0780. The number of ether oxygens (including phenoxy) is 1. The average molecular weight is 461 g/mol. The Morgan fingerprint density at radius 3 is 2.81 bits per heavy atom. The normalized spacial score (nSPS) is 11.1. The van der Waals surface area contributed by atoms with Crippen molar-refractivity contribution in [1.82, 2.24) is 25.1 Å². The molecule has 8 nitrogen and oxygen atoms in total. The second kappa shape index (κ2) is 11.9. The lowest BCUT2D eigenvalue weighted by Crippen LogP contribution is -2.28. The van der Waals surface area contributed by atoms with Gasteiger partial charge in [-0.05, 0) is 31.1 Å². The van der Waals surface area contributed by atoms with Crippen LogP contribution in [0.15, 0.2) is 40.5 Å². The Hall–Kier alpha value is -2.30. The summed E-state index contributed by atoms with van der Waals surface area (Å²) in [7, 11) is 0. The van der Waals surface area contributed by atoms with Gasteiger partial charge in [0.2, 0.25) is 0 Å². The van der Waals surface area contributed by atoms with Crippen LogP contribution in [-0.4, -0.2) is 64.0 Å². The smallest absolute Gasteiger partial charge is 0.252 e. The largest absolute Gasteiger partial charge is 0.380 e. The number of hydrogen-bond donors (Lipinski definition) is 2. The summed E-state index contributed by atoms with van der Waals surface area (Å²) in [6.07, 6.45) is 3.70. The Bertz CT molecular complexity index is 1010. The summed E-state index contributed by atoms with van der Waals surface area (Å²) >= 11 is 3.14. The third-order valence-electron chi connectivity index (χ3n) is 4.44. The Kier molecular flexibility index (Phi) is 8.98. The van der Waals surface area contributed by atoms with E-state index in [1.807, 2.05) is 37.4 Å². The molecule has 3 rings (SSSR count). The first-order chi connectivity index (χ1) is 15.2. The number of carbonyl (C=O) groups excluding carboxylic acids is 1. The summed E-state index contributed by atoms with van der Waals surface area (Å²) in [5.41, 5.74) is 1.45. The summed E-state index contributed by atoms with van der Waals surface area (Å²) in [6.45, 7) is 6.96. The molecule has 0 fully saturated rings. The lowest BCUT2D eigenvalue weighted by molar-refractivity contribution is 0.0949. The minimum atomic E-state index is -0.0780. The van der Waals surface area contributed by atoms with Crippen molar-refractivity contribution in [2.75, 3.05) is 43.6 Å². The first kappa shape index (κ1) is 23.4. The number of nitrogens with zero attached hydrogens (tertiary/aromatic N) is 4.